The molecule has 0 spiro atoms. The first-order valence-corrected chi connectivity index (χ1v) is 9.42. The lowest BCUT2D eigenvalue weighted by atomic mass is 10.1. The fourth-order valence-electron chi connectivity index (χ4n) is 2.59. The number of carboxylic acids is 1. The van der Waals surface area contributed by atoms with Crippen LogP contribution in [0.3, 0.4) is 0 Å². The molecule has 1 atom stereocenters. The lowest BCUT2D eigenvalue weighted by Gasteiger charge is -2.12. The van der Waals surface area contributed by atoms with Crippen LogP contribution < -0.4 is 10.1 Å². The van der Waals surface area contributed by atoms with Crippen LogP contribution in [0.4, 0.5) is 4.39 Å². The first-order valence-electron chi connectivity index (χ1n) is 8.63. The third-order valence-electron chi connectivity index (χ3n) is 3.99. The first kappa shape index (κ1) is 20.5. The Labute approximate surface area is 174 Å². The molecule has 1 unspecified atom stereocenters. The molecule has 1 aromatic heterocycles. The minimum atomic E-state index is -1.15. The zero-order chi connectivity index (χ0) is 21.0. The number of amides is 1. The van der Waals surface area contributed by atoms with Crippen molar-refractivity contribution >= 4 is 27.8 Å². The normalized spacial score (nSPS) is 11.7. The van der Waals surface area contributed by atoms with Gasteiger partial charge in [0.05, 0.1) is 11.4 Å². The van der Waals surface area contributed by atoms with Gasteiger partial charge in [-0.15, -0.1) is 5.10 Å². The Balaban J connectivity index is 1.98. The predicted octanol–water partition coefficient (Wildman–Crippen LogP) is 3.41. The van der Waals surface area contributed by atoms with Gasteiger partial charge >= 0.3 is 5.97 Å². The van der Waals surface area contributed by atoms with Gasteiger partial charge in [-0.25, -0.2) is 9.07 Å². The molecule has 150 valence electrons. The largest absolute Gasteiger partial charge is 0.480 e. The molecule has 0 aliphatic carbocycles. The Morgan fingerprint density at radius 1 is 1.21 bits per heavy atom. The monoisotopic (exact) mass is 461 g/mol. The summed E-state index contributed by atoms with van der Waals surface area (Å²) in [7, 11) is 0. The average molecular weight is 462 g/mol. The van der Waals surface area contributed by atoms with E-state index in [2.05, 4.69) is 26.3 Å². The van der Waals surface area contributed by atoms with Gasteiger partial charge in [0.25, 0.3) is 5.91 Å². The smallest absolute Gasteiger partial charge is 0.322 e. The number of rotatable bonds is 7. The van der Waals surface area contributed by atoms with Crippen molar-refractivity contribution in [1.82, 2.24) is 15.1 Å². The third-order valence-corrected chi connectivity index (χ3v) is 4.70. The third kappa shape index (κ3) is 4.80. The molecule has 0 saturated carbocycles. The van der Waals surface area contributed by atoms with Crippen LogP contribution in [0.25, 0.3) is 16.9 Å². The van der Waals surface area contributed by atoms with Gasteiger partial charge in [0.15, 0.2) is 6.10 Å². The molecule has 0 aliphatic heterocycles. The van der Waals surface area contributed by atoms with Gasteiger partial charge in [-0.05, 0) is 59.3 Å². The Kier molecular flexibility index (Phi) is 6.28. The maximum absolute atomic E-state index is 13.4. The summed E-state index contributed by atoms with van der Waals surface area (Å²) in [6.45, 7) is 0.982. The molecule has 0 radical (unpaired) electrons. The SMILES string of the molecule is CC(Oc1nn(-c2ccccc2)c(-c2ccc(F)cc2)c1Br)C(=O)NCC(=O)O. The highest BCUT2D eigenvalue weighted by Gasteiger charge is 2.24. The molecule has 0 bridgehead atoms. The van der Waals surface area contributed by atoms with E-state index in [4.69, 9.17) is 9.84 Å². The lowest BCUT2D eigenvalue weighted by molar-refractivity contribution is -0.139. The van der Waals surface area contributed by atoms with Crippen molar-refractivity contribution in [2.45, 2.75) is 13.0 Å². The van der Waals surface area contributed by atoms with E-state index >= 15 is 0 Å². The van der Waals surface area contributed by atoms with Gasteiger partial charge in [0.2, 0.25) is 5.88 Å². The summed E-state index contributed by atoms with van der Waals surface area (Å²) in [6, 6.07) is 15.2. The van der Waals surface area contributed by atoms with Gasteiger partial charge in [0, 0.05) is 5.56 Å². The maximum atomic E-state index is 13.4. The van der Waals surface area contributed by atoms with Gasteiger partial charge in [-0.2, -0.15) is 0 Å². The fourth-order valence-corrected chi connectivity index (χ4v) is 3.16. The Morgan fingerprint density at radius 2 is 1.86 bits per heavy atom. The summed E-state index contributed by atoms with van der Waals surface area (Å²) in [6.07, 6.45) is -0.981. The van der Waals surface area contributed by atoms with E-state index in [1.807, 2.05) is 30.3 Å². The van der Waals surface area contributed by atoms with Gasteiger partial charge < -0.3 is 15.2 Å². The van der Waals surface area contributed by atoms with Gasteiger partial charge in [0.1, 0.15) is 16.8 Å². The van der Waals surface area contributed by atoms with Crippen LogP contribution in [0, 0.1) is 5.82 Å². The van der Waals surface area contributed by atoms with E-state index in [-0.39, 0.29) is 11.7 Å². The molecule has 1 heterocycles. The van der Waals surface area contributed by atoms with Crippen LogP contribution in [-0.2, 0) is 9.59 Å². The number of carbonyl (C=O) groups excluding carboxylic acids is 1. The molecule has 1 amide bonds. The summed E-state index contributed by atoms with van der Waals surface area (Å²) in [5.74, 6) is -1.96. The number of nitrogens with zero attached hydrogens (tertiary/aromatic N) is 2. The number of benzene rings is 2. The minimum Gasteiger partial charge on any atom is -0.480 e. The van der Waals surface area contributed by atoms with Crippen molar-refractivity contribution in [2.75, 3.05) is 6.54 Å². The zero-order valence-electron chi connectivity index (χ0n) is 15.3. The highest BCUT2D eigenvalue weighted by molar-refractivity contribution is 9.10. The van der Waals surface area contributed by atoms with Crippen LogP contribution in [0.2, 0.25) is 0 Å². The number of hydrogen-bond donors (Lipinski definition) is 2. The van der Waals surface area contributed by atoms with Crippen molar-refractivity contribution in [3.05, 3.63) is 64.9 Å². The number of ether oxygens (including phenoxy) is 1. The molecule has 7 nitrogen and oxygen atoms in total. The van der Waals surface area contributed by atoms with Crippen molar-refractivity contribution in [2.24, 2.45) is 0 Å². The summed E-state index contributed by atoms with van der Waals surface area (Å²) < 4.78 is 21.1. The predicted molar refractivity (Wildman–Crippen MR) is 107 cm³/mol. The van der Waals surface area contributed by atoms with E-state index in [0.717, 1.165) is 5.69 Å². The van der Waals surface area contributed by atoms with E-state index in [0.29, 0.717) is 15.7 Å². The van der Waals surface area contributed by atoms with Crippen LogP contribution in [0.5, 0.6) is 5.88 Å². The molecule has 0 saturated heterocycles. The van der Waals surface area contributed by atoms with Gasteiger partial charge in [-0.3, -0.25) is 9.59 Å². The quantitative estimate of drug-likeness (QED) is 0.562. The topological polar surface area (TPSA) is 93.5 Å². The molecule has 2 N–H and O–H groups in total. The van der Waals surface area contributed by atoms with Crippen LogP contribution in [-0.4, -0.2) is 39.4 Å². The second kappa shape index (κ2) is 8.87. The van der Waals surface area contributed by atoms with Crippen molar-refractivity contribution in [1.29, 1.82) is 0 Å². The van der Waals surface area contributed by atoms with E-state index < -0.39 is 24.5 Å². The number of carboxylic acid groups (broad SMARTS) is 1. The number of aliphatic carboxylic acids is 1. The van der Waals surface area contributed by atoms with Crippen molar-refractivity contribution < 1.29 is 23.8 Å². The highest BCUT2D eigenvalue weighted by Crippen LogP contribution is 2.37. The Bertz CT molecular complexity index is 1020. The lowest BCUT2D eigenvalue weighted by Crippen LogP contribution is -2.39. The Morgan fingerprint density at radius 3 is 2.48 bits per heavy atom. The molecule has 29 heavy (non-hydrogen) atoms. The molecule has 2 aromatic carbocycles. The molecular formula is C20H17BrFN3O4. The Hall–Kier alpha value is -3.20. The standard InChI is InChI=1S/C20H17BrFN3O4/c1-12(19(28)23-11-16(26)27)29-20-17(21)18(13-7-9-14(22)10-8-13)25(24-20)15-5-3-2-4-6-15/h2-10,12H,11H2,1H3,(H,23,28)(H,26,27). The van der Waals surface area contributed by atoms with Crippen LogP contribution in [0.1, 0.15) is 6.92 Å². The summed E-state index contributed by atoms with van der Waals surface area (Å²) in [4.78, 5) is 22.7. The molecule has 3 rings (SSSR count). The first-order chi connectivity index (χ1) is 13.9. The number of carbonyl (C=O) groups is 2. The molecular weight excluding hydrogens is 445 g/mol. The number of aromatic nitrogens is 2. The molecule has 0 fully saturated rings. The average Bonchev–Trinajstić information content (AvgIpc) is 3.03. The van der Waals surface area contributed by atoms with Crippen LogP contribution in [0.15, 0.2) is 59.1 Å². The van der Waals surface area contributed by atoms with E-state index in [1.165, 1.54) is 19.1 Å². The molecule has 3 aromatic rings. The van der Waals surface area contributed by atoms with Crippen molar-refractivity contribution in [3.8, 4) is 22.8 Å². The second-order valence-corrected chi connectivity index (χ2v) is 6.89. The van der Waals surface area contributed by atoms with E-state index in [9.17, 15) is 14.0 Å². The minimum absolute atomic E-state index is 0.145. The highest BCUT2D eigenvalue weighted by atomic mass is 79.9. The summed E-state index contributed by atoms with van der Waals surface area (Å²) in [5, 5.41) is 15.4. The van der Waals surface area contributed by atoms with Crippen LogP contribution >= 0.6 is 15.9 Å². The van der Waals surface area contributed by atoms with Gasteiger partial charge in [-0.1, -0.05) is 18.2 Å². The number of nitrogens with one attached hydrogen (secondary N) is 1. The summed E-state index contributed by atoms with van der Waals surface area (Å²) in [5.41, 5.74) is 2.04. The number of para-hydroxylation sites is 1. The number of halogens is 2. The zero-order valence-corrected chi connectivity index (χ0v) is 16.9. The fraction of sp³-hybridized carbons (Fsp3) is 0.150. The van der Waals surface area contributed by atoms with E-state index in [1.54, 1.807) is 16.8 Å². The number of hydrogen-bond acceptors (Lipinski definition) is 4. The maximum Gasteiger partial charge on any atom is 0.322 e. The summed E-state index contributed by atoms with van der Waals surface area (Å²) >= 11 is 3.47. The molecule has 0 aliphatic rings. The second-order valence-electron chi connectivity index (χ2n) is 6.09. The molecule has 9 heteroatoms. The van der Waals surface area contributed by atoms with Crippen molar-refractivity contribution in [3.63, 3.8) is 0 Å².